The third-order valence-electron chi connectivity index (χ3n) is 7.08. The van der Waals surface area contributed by atoms with E-state index in [1.54, 1.807) is 16.4 Å². The first-order valence-corrected chi connectivity index (χ1v) is 12.4. The molecule has 36 heavy (non-hydrogen) atoms. The number of imidazole rings is 1. The van der Waals surface area contributed by atoms with Gasteiger partial charge in [-0.25, -0.2) is 4.98 Å². The molecule has 1 aliphatic heterocycles. The van der Waals surface area contributed by atoms with Crippen molar-refractivity contribution in [3.63, 3.8) is 0 Å². The number of nitrogens with zero attached hydrogens (tertiary/aromatic N) is 3. The highest BCUT2D eigenvalue weighted by Crippen LogP contribution is 2.39. The number of hydrogen-bond acceptors (Lipinski definition) is 4. The number of hydrogen-bond donors (Lipinski definition) is 2. The summed E-state index contributed by atoms with van der Waals surface area (Å²) in [6, 6.07) is 15.6. The zero-order valence-electron chi connectivity index (χ0n) is 20.9. The van der Waals surface area contributed by atoms with Crippen LogP contribution in [-0.4, -0.2) is 43.8 Å². The summed E-state index contributed by atoms with van der Waals surface area (Å²) in [5.74, 6) is -0.991. The van der Waals surface area contributed by atoms with Gasteiger partial charge in [-0.1, -0.05) is 48.9 Å². The van der Waals surface area contributed by atoms with E-state index in [4.69, 9.17) is 0 Å². The van der Waals surface area contributed by atoms with Crippen LogP contribution in [0.25, 0.3) is 0 Å². The second-order valence-electron chi connectivity index (χ2n) is 9.92. The fourth-order valence-corrected chi connectivity index (χ4v) is 4.81. The first kappa shape index (κ1) is 23.8. The molecule has 3 amide bonds. The number of aromatic nitrogens is 2. The molecular formula is C28H31N5O3. The monoisotopic (exact) mass is 485 g/mol. The van der Waals surface area contributed by atoms with Crippen molar-refractivity contribution in [2.24, 2.45) is 0 Å². The highest BCUT2D eigenvalue weighted by atomic mass is 16.2. The van der Waals surface area contributed by atoms with E-state index in [9.17, 15) is 14.4 Å². The molecule has 186 valence electrons. The SMILES string of the molecule is CCc1ccc(NC(=O)c2ncn3c2C(=O)N(C2CC2)C(C)(C(=O)NCc2ccc(C)cc2)C3)cc1. The highest BCUT2D eigenvalue weighted by Gasteiger charge is 2.53. The van der Waals surface area contributed by atoms with Crippen LogP contribution in [0.1, 0.15) is 64.4 Å². The van der Waals surface area contributed by atoms with Crippen molar-refractivity contribution in [1.82, 2.24) is 19.8 Å². The molecule has 1 aliphatic carbocycles. The van der Waals surface area contributed by atoms with Crippen molar-refractivity contribution in [3.05, 3.63) is 82.9 Å². The van der Waals surface area contributed by atoms with Crippen LogP contribution in [-0.2, 0) is 24.3 Å². The van der Waals surface area contributed by atoms with Crippen LogP contribution in [0.2, 0.25) is 0 Å². The van der Waals surface area contributed by atoms with E-state index in [-0.39, 0.29) is 35.8 Å². The van der Waals surface area contributed by atoms with E-state index in [0.29, 0.717) is 12.2 Å². The second kappa shape index (κ2) is 9.26. The molecule has 0 bridgehead atoms. The van der Waals surface area contributed by atoms with E-state index in [1.165, 1.54) is 11.9 Å². The molecule has 2 aromatic carbocycles. The molecule has 2 heterocycles. The number of anilines is 1. The van der Waals surface area contributed by atoms with Crippen molar-refractivity contribution in [2.45, 2.75) is 64.7 Å². The molecule has 1 fully saturated rings. The predicted octanol–water partition coefficient (Wildman–Crippen LogP) is 3.70. The van der Waals surface area contributed by atoms with Crippen molar-refractivity contribution in [3.8, 4) is 0 Å². The Kier molecular flexibility index (Phi) is 6.12. The van der Waals surface area contributed by atoms with Crippen molar-refractivity contribution in [2.75, 3.05) is 5.32 Å². The Morgan fingerprint density at radius 2 is 1.72 bits per heavy atom. The van der Waals surface area contributed by atoms with Crippen LogP contribution in [0.15, 0.2) is 54.9 Å². The lowest BCUT2D eigenvalue weighted by Crippen LogP contribution is -2.64. The van der Waals surface area contributed by atoms with Gasteiger partial charge in [0, 0.05) is 18.3 Å². The third-order valence-corrected chi connectivity index (χ3v) is 7.08. The smallest absolute Gasteiger partial charge is 0.276 e. The summed E-state index contributed by atoms with van der Waals surface area (Å²) in [5.41, 5.74) is 3.18. The lowest BCUT2D eigenvalue weighted by atomic mass is 9.93. The highest BCUT2D eigenvalue weighted by molar-refractivity contribution is 6.11. The number of carbonyl (C=O) groups excluding carboxylic acids is 3. The van der Waals surface area contributed by atoms with Gasteiger partial charge in [0.15, 0.2) is 5.69 Å². The Hall–Kier alpha value is -3.94. The summed E-state index contributed by atoms with van der Waals surface area (Å²) in [7, 11) is 0. The average molecular weight is 486 g/mol. The molecule has 0 spiro atoms. The van der Waals surface area contributed by atoms with Gasteiger partial charge in [0.1, 0.15) is 11.2 Å². The molecule has 8 nitrogen and oxygen atoms in total. The molecule has 8 heteroatoms. The summed E-state index contributed by atoms with van der Waals surface area (Å²) >= 11 is 0. The van der Waals surface area contributed by atoms with Gasteiger partial charge in [0.2, 0.25) is 5.91 Å². The zero-order chi connectivity index (χ0) is 25.4. The molecule has 5 rings (SSSR count). The first-order chi connectivity index (χ1) is 17.3. The van der Waals surface area contributed by atoms with Gasteiger partial charge < -0.3 is 20.1 Å². The van der Waals surface area contributed by atoms with Gasteiger partial charge in [0.25, 0.3) is 11.8 Å². The maximum absolute atomic E-state index is 13.8. The number of amides is 3. The number of carbonyl (C=O) groups is 3. The van der Waals surface area contributed by atoms with E-state index >= 15 is 0 Å². The molecular weight excluding hydrogens is 454 g/mol. The molecule has 1 atom stereocenters. The molecule has 1 saturated carbocycles. The molecule has 2 N–H and O–H groups in total. The molecule has 0 radical (unpaired) electrons. The normalized spacial score (nSPS) is 19.1. The summed E-state index contributed by atoms with van der Waals surface area (Å²) < 4.78 is 1.64. The zero-order valence-corrected chi connectivity index (χ0v) is 20.9. The Labute approximate surface area is 210 Å². The van der Waals surface area contributed by atoms with Crippen molar-refractivity contribution >= 4 is 23.4 Å². The summed E-state index contributed by atoms with van der Waals surface area (Å²) in [4.78, 5) is 46.3. The molecule has 0 saturated heterocycles. The van der Waals surface area contributed by atoms with E-state index < -0.39 is 11.4 Å². The largest absolute Gasteiger partial charge is 0.350 e. The van der Waals surface area contributed by atoms with Gasteiger partial charge in [-0.15, -0.1) is 0 Å². The van der Waals surface area contributed by atoms with Gasteiger partial charge >= 0.3 is 0 Å². The standard InChI is InChI=1S/C28H31N5O3/c1-4-19-9-11-21(12-10-19)31-25(34)23-24-26(35)33(22-13-14-22)28(3,16-32(24)17-30-23)27(36)29-15-20-7-5-18(2)6-8-20/h5-12,17,22H,4,13-16H2,1-3H3,(H,29,36)(H,31,34). The fraction of sp³-hybridized carbons (Fsp3) is 0.357. The maximum Gasteiger partial charge on any atom is 0.276 e. The van der Waals surface area contributed by atoms with Crippen LogP contribution in [0, 0.1) is 6.92 Å². The second-order valence-corrected chi connectivity index (χ2v) is 9.92. The van der Waals surface area contributed by atoms with Crippen LogP contribution >= 0.6 is 0 Å². The van der Waals surface area contributed by atoms with E-state index in [0.717, 1.165) is 30.4 Å². The first-order valence-electron chi connectivity index (χ1n) is 12.4. The maximum atomic E-state index is 13.8. The number of aryl methyl sites for hydroxylation is 2. The molecule has 2 aliphatic rings. The van der Waals surface area contributed by atoms with Gasteiger partial charge in [-0.3, -0.25) is 14.4 Å². The molecule has 1 aromatic heterocycles. The summed E-state index contributed by atoms with van der Waals surface area (Å²) in [6.45, 7) is 6.49. The Morgan fingerprint density at radius 1 is 1.06 bits per heavy atom. The topological polar surface area (TPSA) is 96.3 Å². The number of benzene rings is 2. The average Bonchev–Trinajstić information content (AvgIpc) is 3.61. The van der Waals surface area contributed by atoms with Gasteiger partial charge in [0.05, 0.1) is 12.9 Å². The number of nitrogens with one attached hydrogen (secondary N) is 2. The Balaban J connectivity index is 1.38. The number of fused-ring (bicyclic) bond motifs is 1. The quantitative estimate of drug-likeness (QED) is 0.533. The van der Waals surface area contributed by atoms with Crippen LogP contribution in [0.5, 0.6) is 0 Å². The minimum atomic E-state index is -1.08. The Bertz CT molecular complexity index is 1310. The molecule has 1 unspecified atom stereocenters. The van der Waals surface area contributed by atoms with E-state index in [1.807, 2.05) is 55.5 Å². The Morgan fingerprint density at radius 3 is 2.36 bits per heavy atom. The fourth-order valence-electron chi connectivity index (χ4n) is 4.81. The lowest BCUT2D eigenvalue weighted by Gasteiger charge is -2.44. The van der Waals surface area contributed by atoms with E-state index in [2.05, 4.69) is 22.5 Å². The number of rotatable bonds is 7. The summed E-state index contributed by atoms with van der Waals surface area (Å²) in [6.07, 6.45) is 4.07. The van der Waals surface area contributed by atoms with Gasteiger partial charge in [-0.2, -0.15) is 0 Å². The van der Waals surface area contributed by atoms with Crippen LogP contribution < -0.4 is 10.6 Å². The minimum absolute atomic E-state index is 0.0197. The minimum Gasteiger partial charge on any atom is -0.350 e. The molecule has 3 aromatic rings. The summed E-state index contributed by atoms with van der Waals surface area (Å²) in [5, 5.41) is 5.87. The van der Waals surface area contributed by atoms with Gasteiger partial charge in [-0.05, 0) is 56.4 Å². The van der Waals surface area contributed by atoms with Crippen molar-refractivity contribution < 1.29 is 14.4 Å². The van der Waals surface area contributed by atoms with Crippen molar-refractivity contribution in [1.29, 1.82) is 0 Å². The van der Waals surface area contributed by atoms with Crippen LogP contribution in [0.3, 0.4) is 0 Å². The third kappa shape index (κ3) is 4.39. The van der Waals surface area contributed by atoms with Crippen LogP contribution in [0.4, 0.5) is 5.69 Å². The predicted molar refractivity (Wildman–Crippen MR) is 137 cm³/mol. The lowest BCUT2D eigenvalue weighted by molar-refractivity contribution is -0.133.